The predicted molar refractivity (Wildman–Crippen MR) is 67.9 cm³/mol. The van der Waals surface area contributed by atoms with Crippen molar-refractivity contribution in [2.75, 3.05) is 0 Å². The number of nitrogens with one attached hydrogen (secondary N) is 2. The van der Waals surface area contributed by atoms with Crippen molar-refractivity contribution in [1.82, 2.24) is 10.6 Å². The molecule has 2 rings (SSSR count). The largest absolute Gasteiger partial charge is 0.360 e. The minimum absolute atomic E-state index is 0.590. The molecule has 3 heteroatoms. The fourth-order valence-corrected chi connectivity index (χ4v) is 2.73. The highest BCUT2D eigenvalue weighted by atomic mass is 32.1. The predicted octanol–water partition coefficient (Wildman–Crippen LogP) is 2.44. The van der Waals surface area contributed by atoms with E-state index in [0.717, 1.165) is 16.9 Å². The molecule has 2 fully saturated rings. The number of rotatable bonds is 2. The van der Waals surface area contributed by atoms with Crippen LogP contribution in [0.2, 0.25) is 0 Å². The molecular weight excluding hydrogens is 204 g/mol. The Hall–Kier alpha value is -0.310. The van der Waals surface area contributed by atoms with Gasteiger partial charge in [0.1, 0.15) is 0 Å². The van der Waals surface area contributed by atoms with Gasteiger partial charge in [-0.3, -0.25) is 0 Å². The van der Waals surface area contributed by atoms with E-state index in [1.807, 2.05) is 0 Å². The van der Waals surface area contributed by atoms with Crippen molar-refractivity contribution in [1.29, 1.82) is 0 Å². The lowest BCUT2D eigenvalue weighted by molar-refractivity contribution is 0.224. The molecule has 15 heavy (non-hydrogen) atoms. The first kappa shape index (κ1) is 11.2. The summed E-state index contributed by atoms with van der Waals surface area (Å²) in [5.41, 5.74) is 0. The molecule has 0 aliphatic heterocycles. The van der Waals surface area contributed by atoms with E-state index < -0.39 is 0 Å². The minimum Gasteiger partial charge on any atom is -0.360 e. The van der Waals surface area contributed by atoms with Crippen molar-refractivity contribution >= 4 is 17.3 Å². The van der Waals surface area contributed by atoms with Gasteiger partial charge in [-0.25, -0.2) is 0 Å². The normalized spacial score (nSPS) is 36.0. The van der Waals surface area contributed by atoms with E-state index in [0.29, 0.717) is 12.1 Å². The summed E-state index contributed by atoms with van der Waals surface area (Å²) in [6.45, 7) is 4.71. The Morgan fingerprint density at radius 3 is 2.47 bits per heavy atom. The van der Waals surface area contributed by atoms with Crippen molar-refractivity contribution in [3.8, 4) is 0 Å². The average molecular weight is 226 g/mol. The molecule has 0 aromatic rings. The summed E-state index contributed by atoms with van der Waals surface area (Å²) in [6, 6.07) is 1.26. The Bertz CT molecular complexity index is 238. The van der Waals surface area contributed by atoms with E-state index in [-0.39, 0.29) is 0 Å². The Labute approximate surface area is 98.2 Å². The Kier molecular flexibility index (Phi) is 3.49. The lowest BCUT2D eigenvalue weighted by Gasteiger charge is -2.35. The van der Waals surface area contributed by atoms with Gasteiger partial charge in [-0.05, 0) is 43.3 Å². The smallest absolute Gasteiger partial charge is 0.166 e. The van der Waals surface area contributed by atoms with Crippen LogP contribution in [0, 0.1) is 11.8 Å². The molecule has 0 aromatic heterocycles. The molecule has 2 saturated carbocycles. The van der Waals surface area contributed by atoms with Crippen LogP contribution in [0.25, 0.3) is 0 Å². The van der Waals surface area contributed by atoms with Crippen molar-refractivity contribution in [2.45, 2.75) is 58.0 Å². The zero-order chi connectivity index (χ0) is 10.8. The van der Waals surface area contributed by atoms with Crippen LogP contribution in [-0.4, -0.2) is 17.2 Å². The summed E-state index contributed by atoms with van der Waals surface area (Å²) in [4.78, 5) is 0. The highest BCUT2D eigenvalue weighted by Gasteiger charge is 2.28. The molecule has 0 saturated heterocycles. The maximum Gasteiger partial charge on any atom is 0.166 e. The lowest BCUT2D eigenvalue weighted by Crippen LogP contribution is -2.48. The Balaban J connectivity index is 1.78. The Morgan fingerprint density at radius 1 is 1.07 bits per heavy atom. The maximum atomic E-state index is 5.32. The van der Waals surface area contributed by atoms with E-state index in [1.54, 1.807) is 0 Å². The summed E-state index contributed by atoms with van der Waals surface area (Å²) >= 11 is 5.32. The molecule has 0 aromatic carbocycles. The highest BCUT2D eigenvalue weighted by molar-refractivity contribution is 7.80. The monoisotopic (exact) mass is 226 g/mol. The number of hydrogen-bond donors (Lipinski definition) is 2. The molecular formula is C12H22N2S. The summed E-state index contributed by atoms with van der Waals surface area (Å²) in [5.74, 6) is 1.58. The van der Waals surface area contributed by atoms with Crippen molar-refractivity contribution in [3.05, 3.63) is 0 Å². The number of thiocarbonyl (C=S) groups is 1. The average Bonchev–Trinajstić information content (AvgIpc) is 2.97. The molecule has 3 atom stereocenters. The third kappa shape index (κ3) is 3.07. The van der Waals surface area contributed by atoms with Crippen LogP contribution in [0.15, 0.2) is 0 Å². The highest BCUT2D eigenvalue weighted by Crippen LogP contribution is 2.29. The second-order valence-electron chi connectivity index (χ2n) is 5.27. The zero-order valence-electron chi connectivity index (χ0n) is 9.75. The first-order chi connectivity index (χ1) is 7.16. The number of hydrogen-bond acceptors (Lipinski definition) is 1. The first-order valence-electron chi connectivity index (χ1n) is 6.24. The van der Waals surface area contributed by atoms with Crippen molar-refractivity contribution < 1.29 is 0 Å². The van der Waals surface area contributed by atoms with Crippen LogP contribution in [-0.2, 0) is 0 Å². The van der Waals surface area contributed by atoms with Gasteiger partial charge in [0.2, 0.25) is 0 Å². The zero-order valence-corrected chi connectivity index (χ0v) is 10.6. The first-order valence-corrected chi connectivity index (χ1v) is 6.64. The second-order valence-corrected chi connectivity index (χ2v) is 5.67. The van der Waals surface area contributed by atoms with Crippen LogP contribution >= 0.6 is 12.2 Å². The maximum absolute atomic E-state index is 5.32. The molecule has 0 unspecified atom stereocenters. The van der Waals surface area contributed by atoms with E-state index >= 15 is 0 Å². The molecule has 0 bridgehead atoms. The van der Waals surface area contributed by atoms with E-state index in [4.69, 9.17) is 12.2 Å². The van der Waals surface area contributed by atoms with Gasteiger partial charge in [0.05, 0.1) is 0 Å². The van der Waals surface area contributed by atoms with Gasteiger partial charge in [-0.1, -0.05) is 26.7 Å². The van der Waals surface area contributed by atoms with Crippen LogP contribution in [0.1, 0.15) is 46.0 Å². The molecule has 86 valence electrons. The molecule has 2 aliphatic rings. The van der Waals surface area contributed by atoms with Crippen LogP contribution in [0.5, 0.6) is 0 Å². The van der Waals surface area contributed by atoms with Gasteiger partial charge in [-0.2, -0.15) is 0 Å². The van der Waals surface area contributed by atoms with Gasteiger partial charge < -0.3 is 10.6 Å². The fraction of sp³-hybridized carbons (Fsp3) is 0.917. The molecule has 2 aliphatic carbocycles. The van der Waals surface area contributed by atoms with Crippen LogP contribution in [0.3, 0.4) is 0 Å². The van der Waals surface area contributed by atoms with Gasteiger partial charge in [0, 0.05) is 12.1 Å². The molecule has 2 nitrogen and oxygen atoms in total. The minimum atomic E-state index is 0.590. The molecule has 2 N–H and O–H groups in total. The van der Waals surface area contributed by atoms with Gasteiger partial charge in [0.25, 0.3) is 0 Å². The summed E-state index contributed by atoms with van der Waals surface area (Å²) in [5, 5.41) is 7.73. The van der Waals surface area contributed by atoms with Crippen LogP contribution < -0.4 is 10.6 Å². The summed E-state index contributed by atoms with van der Waals surface area (Å²) < 4.78 is 0. The second kappa shape index (κ2) is 4.69. The van der Waals surface area contributed by atoms with Crippen LogP contribution in [0.4, 0.5) is 0 Å². The summed E-state index contributed by atoms with van der Waals surface area (Å²) in [7, 11) is 0. The molecule has 0 amide bonds. The molecule has 0 heterocycles. The van der Waals surface area contributed by atoms with Crippen molar-refractivity contribution in [2.24, 2.45) is 11.8 Å². The standard InChI is InChI=1S/C12H22N2S/c1-8-4-3-5-11(9(8)2)14-12(15)13-10-6-7-10/h8-11H,3-7H2,1-2H3,(H2,13,14,15)/t8-,9+,11+/m1/s1. The van der Waals surface area contributed by atoms with Gasteiger partial charge in [0.15, 0.2) is 5.11 Å². The fourth-order valence-electron chi connectivity index (χ4n) is 2.41. The quantitative estimate of drug-likeness (QED) is 0.707. The van der Waals surface area contributed by atoms with E-state index in [1.165, 1.54) is 32.1 Å². The third-order valence-electron chi connectivity index (χ3n) is 3.94. The lowest BCUT2D eigenvalue weighted by atomic mass is 9.78. The summed E-state index contributed by atoms with van der Waals surface area (Å²) in [6.07, 6.45) is 6.58. The van der Waals surface area contributed by atoms with E-state index in [9.17, 15) is 0 Å². The van der Waals surface area contributed by atoms with Gasteiger partial charge in [-0.15, -0.1) is 0 Å². The van der Waals surface area contributed by atoms with Gasteiger partial charge >= 0.3 is 0 Å². The topological polar surface area (TPSA) is 24.1 Å². The third-order valence-corrected chi connectivity index (χ3v) is 4.17. The molecule has 0 spiro atoms. The van der Waals surface area contributed by atoms with E-state index in [2.05, 4.69) is 24.5 Å². The SMILES string of the molecule is C[C@H]1[C@H](C)CCC[C@@H]1NC(=S)NC1CC1. The molecule has 0 radical (unpaired) electrons. The Morgan fingerprint density at radius 2 is 1.80 bits per heavy atom. The van der Waals surface area contributed by atoms with Crippen molar-refractivity contribution in [3.63, 3.8) is 0 Å².